The summed E-state index contributed by atoms with van der Waals surface area (Å²) in [5.74, 6) is 1.12. The molecular formula is C8H12N2O2S. The first-order valence-corrected chi connectivity index (χ1v) is 5.23. The predicted octanol–water partition coefficient (Wildman–Crippen LogP) is 1.33. The monoisotopic (exact) mass is 200 g/mol. The summed E-state index contributed by atoms with van der Waals surface area (Å²) < 4.78 is 1.66. The Morgan fingerprint density at radius 2 is 2.54 bits per heavy atom. The van der Waals surface area contributed by atoms with Gasteiger partial charge in [-0.05, 0) is 5.75 Å². The Morgan fingerprint density at radius 3 is 3.08 bits per heavy atom. The van der Waals surface area contributed by atoms with E-state index in [2.05, 4.69) is 12.0 Å². The van der Waals surface area contributed by atoms with Crippen LogP contribution in [0.1, 0.15) is 17.3 Å². The molecule has 0 radical (unpaired) electrons. The molecule has 0 fully saturated rings. The quantitative estimate of drug-likeness (QED) is 0.729. The van der Waals surface area contributed by atoms with E-state index in [1.54, 1.807) is 10.9 Å². The van der Waals surface area contributed by atoms with Crippen LogP contribution in [0.3, 0.4) is 0 Å². The Hall–Kier alpha value is -0.970. The van der Waals surface area contributed by atoms with Gasteiger partial charge in [0, 0.05) is 18.5 Å². The molecule has 1 heterocycles. The van der Waals surface area contributed by atoms with Gasteiger partial charge >= 0.3 is 5.97 Å². The van der Waals surface area contributed by atoms with Crippen LogP contribution < -0.4 is 0 Å². The van der Waals surface area contributed by atoms with E-state index < -0.39 is 5.97 Å². The molecule has 0 aliphatic heterocycles. The SMILES string of the molecule is CCSCCn1cc(C(=O)O)cn1. The van der Waals surface area contributed by atoms with Crippen LogP contribution in [-0.2, 0) is 6.54 Å². The van der Waals surface area contributed by atoms with Crippen molar-refractivity contribution in [1.82, 2.24) is 9.78 Å². The summed E-state index contributed by atoms with van der Waals surface area (Å²) in [6.07, 6.45) is 2.93. The van der Waals surface area contributed by atoms with Gasteiger partial charge in [-0.25, -0.2) is 4.79 Å². The van der Waals surface area contributed by atoms with Crippen molar-refractivity contribution < 1.29 is 9.90 Å². The minimum Gasteiger partial charge on any atom is -0.478 e. The molecule has 1 aromatic rings. The molecule has 0 saturated carbocycles. The van der Waals surface area contributed by atoms with Gasteiger partial charge in [0.25, 0.3) is 0 Å². The second-order valence-corrected chi connectivity index (χ2v) is 3.89. The van der Waals surface area contributed by atoms with Crippen LogP contribution in [0.4, 0.5) is 0 Å². The van der Waals surface area contributed by atoms with Crippen molar-refractivity contribution in [2.45, 2.75) is 13.5 Å². The lowest BCUT2D eigenvalue weighted by molar-refractivity contribution is 0.0697. The molecule has 1 aromatic heterocycles. The zero-order chi connectivity index (χ0) is 9.68. The molecule has 1 N–H and O–H groups in total. The van der Waals surface area contributed by atoms with Gasteiger partial charge in [-0.3, -0.25) is 4.68 Å². The highest BCUT2D eigenvalue weighted by Gasteiger charge is 2.04. The molecule has 72 valence electrons. The molecule has 0 unspecified atom stereocenters. The molecule has 13 heavy (non-hydrogen) atoms. The van der Waals surface area contributed by atoms with Crippen molar-refractivity contribution in [3.8, 4) is 0 Å². The lowest BCUT2D eigenvalue weighted by atomic mass is 10.4. The lowest BCUT2D eigenvalue weighted by Gasteiger charge is -1.98. The van der Waals surface area contributed by atoms with E-state index in [1.165, 1.54) is 6.20 Å². The first-order valence-electron chi connectivity index (χ1n) is 4.07. The maximum absolute atomic E-state index is 10.5. The summed E-state index contributed by atoms with van der Waals surface area (Å²) in [6, 6.07) is 0. The van der Waals surface area contributed by atoms with Crippen LogP contribution >= 0.6 is 11.8 Å². The average Bonchev–Trinajstić information content (AvgIpc) is 2.53. The number of hydrogen-bond donors (Lipinski definition) is 1. The van der Waals surface area contributed by atoms with Gasteiger partial charge in [-0.2, -0.15) is 16.9 Å². The van der Waals surface area contributed by atoms with Crippen molar-refractivity contribution in [2.75, 3.05) is 11.5 Å². The molecular weight excluding hydrogens is 188 g/mol. The first kappa shape index (κ1) is 10.1. The van der Waals surface area contributed by atoms with E-state index in [1.807, 2.05) is 11.8 Å². The molecule has 0 bridgehead atoms. The largest absolute Gasteiger partial charge is 0.478 e. The molecule has 0 aliphatic rings. The summed E-state index contributed by atoms with van der Waals surface area (Å²) in [6.45, 7) is 2.86. The molecule has 0 saturated heterocycles. The third kappa shape index (κ3) is 3.10. The number of aromatic nitrogens is 2. The van der Waals surface area contributed by atoms with Crippen LogP contribution in [0.15, 0.2) is 12.4 Å². The number of aryl methyl sites for hydroxylation is 1. The third-order valence-corrected chi connectivity index (χ3v) is 2.43. The van der Waals surface area contributed by atoms with Crippen molar-refractivity contribution in [3.63, 3.8) is 0 Å². The molecule has 0 atom stereocenters. The van der Waals surface area contributed by atoms with Gasteiger partial charge in [-0.15, -0.1) is 0 Å². The first-order chi connectivity index (χ1) is 6.24. The highest BCUT2D eigenvalue weighted by Crippen LogP contribution is 2.02. The Morgan fingerprint density at radius 1 is 1.77 bits per heavy atom. The fourth-order valence-corrected chi connectivity index (χ4v) is 1.50. The van der Waals surface area contributed by atoms with E-state index in [4.69, 9.17) is 5.11 Å². The number of aromatic carboxylic acids is 1. The van der Waals surface area contributed by atoms with E-state index in [0.29, 0.717) is 0 Å². The smallest absolute Gasteiger partial charge is 0.338 e. The topological polar surface area (TPSA) is 55.1 Å². The molecule has 0 aromatic carbocycles. The van der Waals surface area contributed by atoms with E-state index >= 15 is 0 Å². The maximum atomic E-state index is 10.5. The molecule has 5 heteroatoms. The lowest BCUT2D eigenvalue weighted by Crippen LogP contribution is -2.01. The zero-order valence-electron chi connectivity index (χ0n) is 7.43. The fourth-order valence-electron chi connectivity index (χ4n) is 0.899. The van der Waals surface area contributed by atoms with E-state index in [0.717, 1.165) is 18.1 Å². The van der Waals surface area contributed by atoms with Gasteiger partial charge in [0.15, 0.2) is 0 Å². The summed E-state index contributed by atoms with van der Waals surface area (Å²) in [7, 11) is 0. The standard InChI is InChI=1S/C8H12N2O2S/c1-2-13-4-3-10-6-7(5-9-10)8(11)12/h5-6H,2-4H2,1H3,(H,11,12). The maximum Gasteiger partial charge on any atom is 0.338 e. The number of carboxylic acid groups (broad SMARTS) is 1. The zero-order valence-corrected chi connectivity index (χ0v) is 8.25. The minimum atomic E-state index is -0.922. The van der Waals surface area contributed by atoms with Crippen LogP contribution in [-0.4, -0.2) is 32.4 Å². The van der Waals surface area contributed by atoms with Gasteiger partial charge in [0.2, 0.25) is 0 Å². The number of thioether (sulfide) groups is 1. The summed E-state index contributed by atoms with van der Waals surface area (Å²) in [5, 5.41) is 12.5. The van der Waals surface area contributed by atoms with Crippen molar-refractivity contribution in [3.05, 3.63) is 18.0 Å². The fraction of sp³-hybridized carbons (Fsp3) is 0.500. The summed E-state index contributed by atoms with van der Waals surface area (Å²) >= 11 is 1.81. The Kier molecular flexibility index (Phi) is 3.82. The number of rotatable bonds is 5. The van der Waals surface area contributed by atoms with Crippen LogP contribution in [0.5, 0.6) is 0 Å². The number of hydrogen-bond acceptors (Lipinski definition) is 3. The minimum absolute atomic E-state index is 0.251. The van der Waals surface area contributed by atoms with Crippen LogP contribution in [0.25, 0.3) is 0 Å². The second-order valence-electron chi connectivity index (χ2n) is 2.49. The van der Waals surface area contributed by atoms with Crippen LogP contribution in [0.2, 0.25) is 0 Å². The highest BCUT2D eigenvalue weighted by atomic mass is 32.2. The average molecular weight is 200 g/mol. The number of nitrogens with zero attached hydrogens (tertiary/aromatic N) is 2. The Bertz CT molecular complexity index is 285. The second kappa shape index (κ2) is 4.91. The van der Waals surface area contributed by atoms with E-state index in [9.17, 15) is 4.79 Å². The van der Waals surface area contributed by atoms with Gasteiger partial charge in [0.05, 0.1) is 11.8 Å². The van der Waals surface area contributed by atoms with Crippen molar-refractivity contribution in [2.24, 2.45) is 0 Å². The van der Waals surface area contributed by atoms with E-state index in [-0.39, 0.29) is 5.56 Å². The normalized spacial score (nSPS) is 10.2. The van der Waals surface area contributed by atoms with Gasteiger partial charge in [0.1, 0.15) is 0 Å². The number of carbonyl (C=O) groups is 1. The highest BCUT2D eigenvalue weighted by molar-refractivity contribution is 7.99. The third-order valence-electron chi connectivity index (χ3n) is 1.55. The molecule has 4 nitrogen and oxygen atoms in total. The van der Waals surface area contributed by atoms with Crippen LogP contribution in [0, 0.1) is 0 Å². The number of carboxylic acids is 1. The summed E-state index contributed by atoms with van der Waals surface area (Å²) in [5.41, 5.74) is 0.251. The Balaban J connectivity index is 2.44. The van der Waals surface area contributed by atoms with Crippen molar-refractivity contribution >= 4 is 17.7 Å². The summed E-state index contributed by atoms with van der Waals surface area (Å²) in [4.78, 5) is 10.5. The van der Waals surface area contributed by atoms with Crippen molar-refractivity contribution in [1.29, 1.82) is 0 Å². The molecule has 0 aliphatic carbocycles. The van der Waals surface area contributed by atoms with Gasteiger partial charge < -0.3 is 5.11 Å². The Labute approximate surface area is 80.9 Å². The molecule has 1 rings (SSSR count). The predicted molar refractivity (Wildman–Crippen MR) is 52.2 cm³/mol. The van der Waals surface area contributed by atoms with Gasteiger partial charge in [-0.1, -0.05) is 6.92 Å². The molecule has 0 spiro atoms. The molecule has 0 amide bonds.